The molecule has 3 atom stereocenters. The smallest absolute Gasteiger partial charge is 0.462 e. The molecule has 10 nitrogen and oxygen atoms in total. The molecule has 0 spiro atoms. The summed E-state index contributed by atoms with van der Waals surface area (Å²) >= 11 is 0. The zero-order valence-corrected chi connectivity index (χ0v) is 36.4. The Labute approximate surface area is 346 Å². The molecule has 328 valence electrons. The average molecular weight is 823 g/mol. The van der Waals surface area contributed by atoms with Gasteiger partial charge in [-0.05, 0) is 83.5 Å². The van der Waals surface area contributed by atoms with Crippen molar-refractivity contribution in [1.82, 2.24) is 0 Å². The van der Waals surface area contributed by atoms with E-state index in [1.54, 1.807) is 0 Å². The number of hydrogen-bond acceptors (Lipinski definition) is 9. The van der Waals surface area contributed by atoms with Crippen LogP contribution in [0, 0.1) is 0 Å². The normalized spacial score (nSPS) is 14.5. The molecule has 0 aromatic heterocycles. The second kappa shape index (κ2) is 41.6. The van der Waals surface area contributed by atoms with Crippen LogP contribution in [0.3, 0.4) is 0 Å². The number of unbranched alkanes of at least 4 members (excludes halogenated alkanes) is 14. The van der Waals surface area contributed by atoms with Crippen LogP contribution in [-0.4, -0.2) is 65.7 Å². The van der Waals surface area contributed by atoms with Crippen molar-refractivity contribution in [3.8, 4) is 0 Å². The first-order valence-electron chi connectivity index (χ1n) is 21.9. The van der Waals surface area contributed by atoms with Gasteiger partial charge in [-0.15, -0.1) is 0 Å². The number of phosphoric ester groups is 1. The number of carbonyl (C=O) groups excluding carboxylic acids is 2. The first-order valence-corrected chi connectivity index (χ1v) is 23.4. The Kier molecular flexibility index (Phi) is 39.7. The van der Waals surface area contributed by atoms with E-state index in [4.69, 9.17) is 19.1 Å². The van der Waals surface area contributed by atoms with Crippen LogP contribution in [0.15, 0.2) is 72.9 Å². The van der Waals surface area contributed by atoms with Crippen molar-refractivity contribution in [2.45, 2.75) is 180 Å². The molecule has 0 saturated heterocycles. The molecule has 0 rings (SSSR count). The van der Waals surface area contributed by atoms with Crippen LogP contribution >= 0.6 is 7.82 Å². The van der Waals surface area contributed by atoms with Crippen LogP contribution in [0.1, 0.15) is 168 Å². The van der Waals surface area contributed by atoms with Gasteiger partial charge in [0, 0.05) is 12.8 Å². The minimum atomic E-state index is -4.63. The second-order valence-corrected chi connectivity index (χ2v) is 15.8. The number of allylic oxidation sites excluding steroid dienone is 12. The lowest BCUT2D eigenvalue weighted by Crippen LogP contribution is -2.29. The van der Waals surface area contributed by atoms with Gasteiger partial charge in [0.1, 0.15) is 12.7 Å². The van der Waals surface area contributed by atoms with Crippen LogP contribution in [0.25, 0.3) is 0 Å². The molecule has 0 saturated carbocycles. The molecule has 0 aliphatic rings. The third-order valence-electron chi connectivity index (χ3n) is 8.84. The zero-order valence-electron chi connectivity index (χ0n) is 35.5. The van der Waals surface area contributed by atoms with E-state index in [9.17, 15) is 24.2 Å². The Balaban J connectivity index is 4.34. The molecule has 0 amide bonds. The molecule has 0 aliphatic carbocycles. The Bertz CT molecular complexity index is 1180. The molecular weight excluding hydrogens is 743 g/mol. The predicted molar refractivity (Wildman–Crippen MR) is 233 cm³/mol. The molecule has 3 N–H and O–H groups in total. The zero-order chi connectivity index (χ0) is 41.9. The summed E-state index contributed by atoms with van der Waals surface area (Å²) in [6.07, 6.45) is 47.3. The van der Waals surface area contributed by atoms with Gasteiger partial charge >= 0.3 is 19.8 Å². The first-order chi connectivity index (χ1) is 27.7. The van der Waals surface area contributed by atoms with Crippen LogP contribution in [0.5, 0.6) is 0 Å². The van der Waals surface area contributed by atoms with Crippen molar-refractivity contribution in [3.63, 3.8) is 0 Å². The second-order valence-electron chi connectivity index (χ2n) is 14.3. The summed E-state index contributed by atoms with van der Waals surface area (Å²) in [5.41, 5.74) is 0. The van der Waals surface area contributed by atoms with Gasteiger partial charge in [-0.2, -0.15) is 0 Å². The third-order valence-corrected chi connectivity index (χ3v) is 9.80. The maximum Gasteiger partial charge on any atom is 0.472 e. The molecule has 57 heavy (non-hydrogen) atoms. The summed E-state index contributed by atoms with van der Waals surface area (Å²) in [6.45, 7) is 2.18. The van der Waals surface area contributed by atoms with Gasteiger partial charge in [-0.25, -0.2) is 4.57 Å². The van der Waals surface area contributed by atoms with Gasteiger partial charge in [0.15, 0.2) is 6.10 Å². The lowest BCUT2D eigenvalue weighted by molar-refractivity contribution is -0.161. The largest absolute Gasteiger partial charge is 0.472 e. The maximum absolute atomic E-state index is 12.6. The molecule has 0 aliphatic heterocycles. The van der Waals surface area contributed by atoms with Crippen molar-refractivity contribution in [1.29, 1.82) is 0 Å². The van der Waals surface area contributed by atoms with E-state index in [-0.39, 0.29) is 19.4 Å². The maximum atomic E-state index is 12.6. The van der Waals surface area contributed by atoms with Crippen molar-refractivity contribution in [2.75, 3.05) is 26.4 Å². The van der Waals surface area contributed by atoms with Gasteiger partial charge in [-0.1, -0.05) is 145 Å². The summed E-state index contributed by atoms with van der Waals surface area (Å²) in [7, 11) is -4.63. The van der Waals surface area contributed by atoms with Crippen molar-refractivity contribution in [2.24, 2.45) is 0 Å². The summed E-state index contributed by atoms with van der Waals surface area (Å²) in [6, 6.07) is 0. The third kappa shape index (κ3) is 41.4. The minimum Gasteiger partial charge on any atom is -0.462 e. The van der Waals surface area contributed by atoms with E-state index in [1.807, 2.05) is 0 Å². The SMILES string of the molecule is CC/C=C\C/C=C\C/C=C\C/C=C\CCCCC(=O)OC(COC(=O)CCCCCCCCCCC/C=C\C/C=C\CCCCC)COP(=O)(O)OCC(O)CO. The fourth-order valence-electron chi connectivity index (χ4n) is 5.48. The van der Waals surface area contributed by atoms with Gasteiger partial charge < -0.3 is 24.6 Å². The lowest BCUT2D eigenvalue weighted by Gasteiger charge is -2.20. The van der Waals surface area contributed by atoms with E-state index in [1.165, 1.54) is 57.8 Å². The van der Waals surface area contributed by atoms with E-state index in [0.29, 0.717) is 12.8 Å². The highest BCUT2D eigenvalue weighted by atomic mass is 31.2. The molecule has 0 fully saturated rings. The number of rotatable bonds is 40. The fourth-order valence-corrected chi connectivity index (χ4v) is 6.27. The quantitative estimate of drug-likeness (QED) is 0.0236. The van der Waals surface area contributed by atoms with Crippen molar-refractivity contribution < 1.29 is 47.8 Å². The van der Waals surface area contributed by atoms with E-state index in [2.05, 4.69) is 91.3 Å². The standard InChI is InChI=1S/C46H79O10P/c1-3-5-7-9-11-13-15-17-19-20-21-22-24-25-27-29-31-33-35-37-45(49)53-41-44(42-55-57(51,52)54-40-43(48)39-47)56-46(50)38-36-34-32-30-28-26-23-18-16-14-12-10-8-6-4-2/h6,8,11-14,17-19,23,28,30,43-44,47-48H,3-5,7,9-10,15-16,20-22,24-27,29,31-42H2,1-2H3,(H,51,52)/b8-6-,13-11-,14-12-,19-17-,23-18-,30-28-. The summed E-state index contributed by atoms with van der Waals surface area (Å²) < 4.78 is 32.7. The number of aliphatic hydroxyl groups is 2. The Morgan fingerprint density at radius 3 is 1.49 bits per heavy atom. The topological polar surface area (TPSA) is 149 Å². The molecule has 0 radical (unpaired) electrons. The number of esters is 2. The fraction of sp³-hybridized carbons (Fsp3) is 0.696. The molecule has 0 heterocycles. The highest BCUT2D eigenvalue weighted by Gasteiger charge is 2.27. The summed E-state index contributed by atoms with van der Waals surface area (Å²) in [4.78, 5) is 35.0. The van der Waals surface area contributed by atoms with Crippen LogP contribution in [0.2, 0.25) is 0 Å². The first kappa shape index (κ1) is 54.4. The lowest BCUT2D eigenvalue weighted by atomic mass is 10.1. The Morgan fingerprint density at radius 2 is 0.965 bits per heavy atom. The number of carbonyl (C=O) groups is 2. The average Bonchev–Trinajstić information content (AvgIpc) is 3.20. The highest BCUT2D eigenvalue weighted by molar-refractivity contribution is 7.47. The van der Waals surface area contributed by atoms with Gasteiger partial charge in [0.25, 0.3) is 0 Å². The predicted octanol–water partition coefficient (Wildman–Crippen LogP) is 11.7. The highest BCUT2D eigenvalue weighted by Crippen LogP contribution is 2.43. The summed E-state index contributed by atoms with van der Waals surface area (Å²) in [5, 5.41) is 18.3. The number of ether oxygens (including phenoxy) is 2. The summed E-state index contributed by atoms with van der Waals surface area (Å²) in [5.74, 6) is -0.983. The molecule has 3 unspecified atom stereocenters. The van der Waals surface area contributed by atoms with E-state index < -0.39 is 51.8 Å². The number of hydrogen-bond donors (Lipinski definition) is 3. The van der Waals surface area contributed by atoms with E-state index in [0.717, 1.165) is 70.6 Å². The minimum absolute atomic E-state index is 0.128. The van der Waals surface area contributed by atoms with Gasteiger partial charge in [-0.3, -0.25) is 18.6 Å². The van der Waals surface area contributed by atoms with E-state index >= 15 is 0 Å². The van der Waals surface area contributed by atoms with Crippen LogP contribution < -0.4 is 0 Å². The molecule has 0 bridgehead atoms. The Morgan fingerprint density at radius 1 is 0.544 bits per heavy atom. The molecule has 0 aromatic rings. The van der Waals surface area contributed by atoms with Crippen molar-refractivity contribution in [3.05, 3.63) is 72.9 Å². The monoisotopic (exact) mass is 823 g/mol. The number of phosphoric acid groups is 1. The number of aliphatic hydroxyl groups excluding tert-OH is 2. The van der Waals surface area contributed by atoms with Gasteiger partial charge in [0.05, 0.1) is 19.8 Å². The van der Waals surface area contributed by atoms with Crippen LogP contribution in [0.4, 0.5) is 0 Å². The molecule has 0 aromatic carbocycles. The Hall–Kier alpha value is -2.59. The molecular formula is C46H79O10P. The molecule has 11 heteroatoms. The van der Waals surface area contributed by atoms with Gasteiger partial charge in [0.2, 0.25) is 0 Å². The van der Waals surface area contributed by atoms with Crippen molar-refractivity contribution >= 4 is 19.8 Å². The van der Waals surface area contributed by atoms with Crippen LogP contribution in [-0.2, 0) is 32.7 Å².